The maximum absolute atomic E-state index is 10.6. The van der Waals surface area contributed by atoms with E-state index in [1.165, 1.54) is 6.26 Å². The Labute approximate surface area is 88.2 Å². The summed E-state index contributed by atoms with van der Waals surface area (Å²) in [6.07, 6.45) is 5.97. The summed E-state index contributed by atoms with van der Waals surface area (Å²) in [7, 11) is 0. The summed E-state index contributed by atoms with van der Waals surface area (Å²) in [4.78, 5) is 10.6. The van der Waals surface area contributed by atoms with E-state index in [0.29, 0.717) is 18.8 Å². The van der Waals surface area contributed by atoms with E-state index >= 15 is 0 Å². The first-order chi connectivity index (χ1) is 7.40. The van der Waals surface area contributed by atoms with Gasteiger partial charge in [-0.25, -0.2) is 0 Å². The molecule has 1 aromatic heterocycles. The molecule has 82 valence electrons. The van der Waals surface area contributed by atoms with Gasteiger partial charge in [0, 0.05) is 12.2 Å². The summed E-state index contributed by atoms with van der Waals surface area (Å²) in [5.74, 6) is 0. The van der Waals surface area contributed by atoms with Crippen LogP contribution in [0, 0.1) is 0 Å². The molecular weight excluding hydrogens is 196 g/mol. The van der Waals surface area contributed by atoms with Gasteiger partial charge in [-0.05, 0) is 12.8 Å². The number of furan rings is 1. The topological polar surface area (TPSA) is 48.7 Å². The van der Waals surface area contributed by atoms with Crippen LogP contribution in [0.4, 0.5) is 0 Å². The van der Waals surface area contributed by atoms with E-state index in [4.69, 9.17) is 13.9 Å². The number of ether oxygens (including phenoxy) is 2. The highest BCUT2D eigenvalue weighted by Crippen LogP contribution is 2.14. The zero-order valence-corrected chi connectivity index (χ0v) is 8.48. The first-order valence-corrected chi connectivity index (χ1v) is 5.09. The van der Waals surface area contributed by atoms with E-state index in [1.54, 1.807) is 6.26 Å². The van der Waals surface area contributed by atoms with Gasteiger partial charge in [-0.3, -0.25) is 4.79 Å². The Bertz CT molecular complexity index is 312. The molecule has 0 bridgehead atoms. The van der Waals surface area contributed by atoms with Crippen LogP contribution in [0.2, 0.25) is 0 Å². The molecule has 0 radical (unpaired) electrons. The molecule has 1 fully saturated rings. The van der Waals surface area contributed by atoms with E-state index in [-0.39, 0.29) is 6.10 Å². The van der Waals surface area contributed by atoms with Crippen LogP contribution in [0.1, 0.15) is 28.8 Å². The van der Waals surface area contributed by atoms with Gasteiger partial charge in [-0.15, -0.1) is 0 Å². The van der Waals surface area contributed by atoms with Crippen molar-refractivity contribution in [2.24, 2.45) is 0 Å². The van der Waals surface area contributed by atoms with Gasteiger partial charge in [0.25, 0.3) is 0 Å². The molecule has 0 amide bonds. The minimum atomic E-state index is 0.146. The van der Waals surface area contributed by atoms with Crippen molar-refractivity contribution in [2.45, 2.75) is 25.6 Å². The van der Waals surface area contributed by atoms with Gasteiger partial charge in [-0.1, -0.05) is 0 Å². The zero-order valence-electron chi connectivity index (χ0n) is 8.48. The highest BCUT2D eigenvalue weighted by atomic mass is 16.5. The molecule has 0 saturated carbocycles. The van der Waals surface area contributed by atoms with Gasteiger partial charge in [0.2, 0.25) is 0 Å². The van der Waals surface area contributed by atoms with E-state index in [2.05, 4.69) is 0 Å². The molecular formula is C11H14O4. The second-order valence-corrected chi connectivity index (χ2v) is 3.62. The van der Waals surface area contributed by atoms with Crippen LogP contribution in [0.25, 0.3) is 0 Å². The zero-order chi connectivity index (χ0) is 10.5. The summed E-state index contributed by atoms with van der Waals surface area (Å²) in [5.41, 5.74) is 1.36. The van der Waals surface area contributed by atoms with Gasteiger partial charge in [0.1, 0.15) is 6.26 Å². The van der Waals surface area contributed by atoms with Gasteiger partial charge < -0.3 is 13.9 Å². The maximum atomic E-state index is 10.6. The molecule has 1 unspecified atom stereocenters. The SMILES string of the molecule is O=Cc1cocc1COC1CCCOC1. The quantitative estimate of drug-likeness (QED) is 0.711. The monoisotopic (exact) mass is 210 g/mol. The number of hydrogen-bond donors (Lipinski definition) is 0. The third-order valence-corrected chi connectivity index (χ3v) is 2.50. The maximum Gasteiger partial charge on any atom is 0.153 e. The molecule has 1 aliphatic heterocycles. The van der Waals surface area contributed by atoms with Crippen LogP contribution in [0.15, 0.2) is 16.9 Å². The van der Waals surface area contributed by atoms with Crippen LogP contribution >= 0.6 is 0 Å². The normalized spacial score (nSPS) is 21.5. The highest BCUT2D eigenvalue weighted by Gasteiger charge is 2.15. The van der Waals surface area contributed by atoms with Gasteiger partial charge >= 0.3 is 0 Å². The summed E-state index contributed by atoms with van der Waals surface area (Å²) < 4.78 is 15.9. The van der Waals surface area contributed by atoms with Crippen molar-refractivity contribution in [3.8, 4) is 0 Å². The molecule has 0 aliphatic carbocycles. The molecule has 1 aliphatic rings. The summed E-state index contributed by atoms with van der Waals surface area (Å²) in [6, 6.07) is 0. The fourth-order valence-electron chi connectivity index (χ4n) is 1.60. The predicted octanol–water partition coefficient (Wildman–Crippen LogP) is 1.79. The summed E-state index contributed by atoms with van der Waals surface area (Å²) in [5, 5.41) is 0. The molecule has 0 spiro atoms. The van der Waals surface area contributed by atoms with Gasteiger partial charge in [0.05, 0.1) is 31.1 Å². The first-order valence-electron chi connectivity index (χ1n) is 5.09. The summed E-state index contributed by atoms with van der Waals surface area (Å²) >= 11 is 0. The average molecular weight is 210 g/mol. The molecule has 4 nitrogen and oxygen atoms in total. The number of rotatable bonds is 4. The van der Waals surface area contributed by atoms with E-state index in [0.717, 1.165) is 31.3 Å². The Kier molecular flexibility index (Phi) is 3.53. The standard InChI is InChI=1S/C11H14O4/c12-4-9-5-14-6-10(9)7-15-11-2-1-3-13-8-11/h4-6,11H,1-3,7-8H2. The van der Waals surface area contributed by atoms with Crippen LogP contribution < -0.4 is 0 Å². The van der Waals surface area contributed by atoms with Crippen molar-refractivity contribution in [1.29, 1.82) is 0 Å². The van der Waals surface area contributed by atoms with E-state index in [9.17, 15) is 4.79 Å². The first kappa shape index (κ1) is 10.4. The molecule has 4 heteroatoms. The van der Waals surface area contributed by atoms with Crippen molar-refractivity contribution >= 4 is 6.29 Å². The molecule has 0 aromatic carbocycles. The number of hydrogen-bond acceptors (Lipinski definition) is 4. The molecule has 1 saturated heterocycles. The van der Waals surface area contributed by atoms with Crippen molar-refractivity contribution in [1.82, 2.24) is 0 Å². The average Bonchev–Trinajstić information content (AvgIpc) is 2.75. The van der Waals surface area contributed by atoms with Crippen molar-refractivity contribution in [3.63, 3.8) is 0 Å². The fourth-order valence-corrected chi connectivity index (χ4v) is 1.60. The largest absolute Gasteiger partial charge is 0.471 e. The van der Waals surface area contributed by atoms with Crippen LogP contribution in [0.3, 0.4) is 0 Å². The molecule has 2 rings (SSSR count). The lowest BCUT2D eigenvalue weighted by atomic mass is 10.1. The van der Waals surface area contributed by atoms with Crippen molar-refractivity contribution in [3.05, 3.63) is 23.7 Å². The highest BCUT2D eigenvalue weighted by molar-refractivity contribution is 5.76. The molecule has 2 heterocycles. The van der Waals surface area contributed by atoms with Gasteiger partial charge in [-0.2, -0.15) is 0 Å². The van der Waals surface area contributed by atoms with E-state index in [1.807, 2.05) is 0 Å². The molecule has 1 aromatic rings. The minimum Gasteiger partial charge on any atom is -0.471 e. The number of carbonyl (C=O) groups excluding carboxylic acids is 1. The Morgan fingerprint density at radius 2 is 2.47 bits per heavy atom. The predicted molar refractivity (Wildman–Crippen MR) is 52.7 cm³/mol. The second-order valence-electron chi connectivity index (χ2n) is 3.62. The van der Waals surface area contributed by atoms with Crippen molar-refractivity contribution < 1.29 is 18.7 Å². The fraction of sp³-hybridized carbons (Fsp3) is 0.545. The third kappa shape index (κ3) is 2.67. The molecule has 1 atom stereocenters. The Morgan fingerprint density at radius 3 is 3.20 bits per heavy atom. The Hall–Kier alpha value is -1.13. The lowest BCUT2D eigenvalue weighted by Crippen LogP contribution is -2.25. The second kappa shape index (κ2) is 5.09. The number of carbonyl (C=O) groups is 1. The minimum absolute atomic E-state index is 0.146. The van der Waals surface area contributed by atoms with Crippen LogP contribution in [0.5, 0.6) is 0 Å². The van der Waals surface area contributed by atoms with Gasteiger partial charge in [0.15, 0.2) is 6.29 Å². The smallest absolute Gasteiger partial charge is 0.153 e. The lowest BCUT2D eigenvalue weighted by molar-refractivity contribution is -0.0570. The molecule has 0 N–H and O–H groups in total. The summed E-state index contributed by atoms with van der Waals surface area (Å²) in [6.45, 7) is 1.89. The van der Waals surface area contributed by atoms with Crippen LogP contribution in [-0.2, 0) is 16.1 Å². The van der Waals surface area contributed by atoms with Crippen LogP contribution in [-0.4, -0.2) is 25.6 Å². The number of aldehydes is 1. The molecule has 15 heavy (non-hydrogen) atoms. The Balaban J connectivity index is 1.84. The lowest BCUT2D eigenvalue weighted by Gasteiger charge is -2.22. The van der Waals surface area contributed by atoms with Crippen molar-refractivity contribution in [2.75, 3.05) is 13.2 Å². The van der Waals surface area contributed by atoms with E-state index < -0.39 is 0 Å². The third-order valence-electron chi connectivity index (χ3n) is 2.50. The Morgan fingerprint density at radius 1 is 1.53 bits per heavy atom.